The van der Waals surface area contributed by atoms with E-state index in [0.717, 1.165) is 17.7 Å². The van der Waals surface area contributed by atoms with Crippen LogP contribution in [0.3, 0.4) is 0 Å². The van der Waals surface area contributed by atoms with Crippen LogP contribution in [0.5, 0.6) is 0 Å². The topological polar surface area (TPSA) is 66.5 Å². The molecule has 1 aliphatic heterocycles. The largest absolute Gasteiger partial charge is 0.354 e. The van der Waals surface area contributed by atoms with Crippen LogP contribution in [0, 0.1) is 5.92 Å². The number of rotatable bonds is 4. The summed E-state index contributed by atoms with van der Waals surface area (Å²) in [5, 5.41) is 2.91. The Bertz CT molecular complexity index is 598. The minimum absolute atomic E-state index is 0.195. The summed E-state index contributed by atoms with van der Waals surface area (Å²) in [7, 11) is 0. The highest BCUT2D eigenvalue weighted by molar-refractivity contribution is 6.22. The fourth-order valence-corrected chi connectivity index (χ4v) is 3.59. The Labute approximate surface area is 142 Å². The Morgan fingerprint density at radius 1 is 0.958 bits per heavy atom. The minimum Gasteiger partial charge on any atom is -0.354 e. The molecule has 1 N–H and O–H groups in total. The molecule has 3 amide bonds. The van der Waals surface area contributed by atoms with E-state index in [4.69, 9.17) is 0 Å². The highest BCUT2D eigenvalue weighted by Gasteiger charge is 2.36. The van der Waals surface area contributed by atoms with Crippen LogP contribution < -0.4 is 5.32 Å². The lowest BCUT2D eigenvalue weighted by molar-refractivity contribution is -0.121. The van der Waals surface area contributed by atoms with Gasteiger partial charge in [-0.05, 0) is 30.9 Å². The first-order chi connectivity index (χ1) is 11.7. The van der Waals surface area contributed by atoms with Crippen molar-refractivity contribution in [2.45, 2.75) is 44.9 Å². The molecule has 2 aliphatic rings. The Hall–Kier alpha value is -2.17. The van der Waals surface area contributed by atoms with Crippen molar-refractivity contribution < 1.29 is 14.4 Å². The Balaban J connectivity index is 1.52. The monoisotopic (exact) mass is 328 g/mol. The molecule has 1 aliphatic carbocycles. The van der Waals surface area contributed by atoms with Gasteiger partial charge in [0.15, 0.2) is 0 Å². The summed E-state index contributed by atoms with van der Waals surface area (Å²) in [5.41, 5.74) is 0.769. The van der Waals surface area contributed by atoms with Crippen molar-refractivity contribution in [3.8, 4) is 0 Å². The number of benzene rings is 1. The van der Waals surface area contributed by atoms with Crippen LogP contribution >= 0.6 is 0 Å². The molecule has 0 atom stereocenters. The molecule has 0 bridgehead atoms. The van der Waals surface area contributed by atoms with Crippen LogP contribution in [0.15, 0.2) is 24.3 Å². The van der Waals surface area contributed by atoms with Crippen LogP contribution in [0.1, 0.15) is 65.7 Å². The zero-order valence-corrected chi connectivity index (χ0v) is 13.9. The van der Waals surface area contributed by atoms with Gasteiger partial charge in [0.1, 0.15) is 6.54 Å². The van der Waals surface area contributed by atoms with E-state index in [1.54, 1.807) is 24.3 Å². The smallest absolute Gasteiger partial charge is 0.262 e. The fraction of sp³-hybridized carbons (Fsp3) is 0.526. The standard InChI is InChI=1S/C19H24N2O3/c22-17(20-12-14-8-4-2-1-3-5-9-14)13-21-18(23)15-10-6-7-11-16(15)19(21)24/h6-7,10-11,14H,1-5,8-9,12-13H2,(H,20,22). The second-order valence-corrected chi connectivity index (χ2v) is 6.76. The molecule has 0 saturated heterocycles. The first-order valence-electron chi connectivity index (χ1n) is 8.89. The van der Waals surface area contributed by atoms with Crippen molar-refractivity contribution in [3.05, 3.63) is 35.4 Å². The highest BCUT2D eigenvalue weighted by atomic mass is 16.2. The van der Waals surface area contributed by atoms with Crippen LogP contribution in [-0.4, -0.2) is 35.7 Å². The molecule has 128 valence electrons. The summed E-state index contributed by atoms with van der Waals surface area (Å²) >= 11 is 0. The van der Waals surface area contributed by atoms with E-state index in [-0.39, 0.29) is 24.3 Å². The SMILES string of the molecule is O=C(CN1C(=O)c2ccccc2C1=O)NCC1CCCCCCC1. The lowest BCUT2D eigenvalue weighted by Crippen LogP contribution is -2.41. The molecule has 3 rings (SSSR count). The number of nitrogens with one attached hydrogen (secondary N) is 1. The maximum atomic E-state index is 12.3. The van der Waals surface area contributed by atoms with Crippen LogP contribution in [0.4, 0.5) is 0 Å². The average Bonchev–Trinajstić information content (AvgIpc) is 2.79. The quantitative estimate of drug-likeness (QED) is 0.864. The molecule has 0 spiro atoms. The number of hydrogen-bond acceptors (Lipinski definition) is 3. The number of carbonyl (C=O) groups excluding carboxylic acids is 3. The van der Waals surface area contributed by atoms with Gasteiger partial charge in [-0.3, -0.25) is 19.3 Å². The lowest BCUT2D eigenvalue weighted by atomic mass is 9.91. The molecule has 1 heterocycles. The van der Waals surface area contributed by atoms with Gasteiger partial charge >= 0.3 is 0 Å². The third kappa shape index (κ3) is 3.66. The van der Waals surface area contributed by atoms with Gasteiger partial charge in [0.2, 0.25) is 5.91 Å². The van der Waals surface area contributed by atoms with Crippen LogP contribution in [0.2, 0.25) is 0 Å². The predicted molar refractivity (Wildman–Crippen MR) is 90.6 cm³/mol. The van der Waals surface area contributed by atoms with E-state index in [0.29, 0.717) is 23.6 Å². The van der Waals surface area contributed by atoms with Crippen molar-refractivity contribution >= 4 is 17.7 Å². The van der Waals surface area contributed by atoms with E-state index in [2.05, 4.69) is 5.32 Å². The normalized spacial score (nSPS) is 18.9. The lowest BCUT2D eigenvalue weighted by Gasteiger charge is -2.21. The fourth-order valence-electron chi connectivity index (χ4n) is 3.59. The van der Waals surface area contributed by atoms with Crippen molar-refractivity contribution in [1.82, 2.24) is 10.2 Å². The molecule has 0 aromatic heterocycles. The summed E-state index contributed by atoms with van der Waals surface area (Å²) in [4.78, 5) is 37.7. The van der Waals surface area contributed by atoms with E-state index < -0.39 is 0 Å². The Kier molecular flexibility index (Phi) is 5.28. The highest BCUT2D eigenvalue weighted by Crippen LogP contribution is 2.23. The molecule has 5 heteroatoms. The first kappa shape index (κ1) is 16.7. The maximum absolute atomic E-state index is 12.3. The summed E-state index contributed by atoms with van der Waals surface area (Å²) in [6, 6.07) is 6.70. The molecule has 24 heavy (non-hydrogen) atoms. The summed E-state index contributed by atoms with van der Waals surface area (Å²) < 4.78 is 0. The zero-order chi connectivity index (χ0) is 16.9. The third-order valence-corrected chi connectivity index (χ3v) is 4.99. The number of carbonyl (C=O) groups is 3. The van der Waals surface area contributed by atoms with Gasteiger partial charge in [-0.2, -0.15) is 0 Å². The Morgan fingerprint density at radius 2 is 1.50 bits per heavy atom. The van der Waals surface area contributed by atoms with E-state index in [1.165, 1.54) is 32.1 Å². The number of fused-ring (bicyclic) bond motifs is 1. The predicted octanol–water partition coefficient (Wildman–Crippen LogP) is 2.76. The number of nitrogens with zero attached hydrogens (tertiary/aromatic N) is 1. The maximum Gasteiger partial charge on any atom is 0.262 e. The van der Waals surface area contributed by atoms with Crippen molar-refractivity contribution in [2.24, 2.45) is 5.92 Å². The molecule has 0 unspecified atom stereocenters. The van der Waals surface area contributed by atoms with Crippen molar-refractivity contribution in [1.29, 1.82) is 0 Å². The first-order valence-corrected chi connectivity index (χ1v) is 8.89. The summed E-state index contributed by atoms with van der Waals surface area (Å²) in [6.07, 6.45) is 8.61. The van der Waals surface area contributed by atoms with Crippen molar-refractivity contribution in [2.75, 3.05) is 13.1 Å². The molecular weight excluding hydrogens is 304 g/mol. The van der Waals surface area contributed by atoms with Gasteiger partial charge in [-0.15, -0.1) is 0 Å². The third-order valence-electron chi connectivity index (χ3n) is 4.99. The van der Waals surface area contributed by atoms with Gasteiger partial charge in [-0.1, -0.05) is 44.2 Å². The Morgan fingerprint density at radius 3 is 2.08 bits per heavy atom. The second-order valence-electron chi connectivity index (χ2n) is 6.76. The van der Waals surface area contributed by atoms with Crippen LogP contribution in [-0.2, 0) is 4.79 Å². The van der Waals surface area contributed by atoms with Gasteiger partial charge in [0.25, 0.3) is 11.8 Å². The number of imide groups is 1. The molecule has 1 fully saturated rings. The van der Waals surface area contributed by atoms with Gasteiger partial charge in [-0.25, -0.2) is 0 Å². The number of amides is 3. The minimum atomic E-state index is -0.378. The number of hydrogen-bond donors (Lipinski definition) is 1. The van der Waals surface area contributed by atoms with Crippen LogP contribution in [0.25, 0.3) is 0 Å². The molecule has 1 aromatic rings. The van der Waals surface area contributed by atoms with Gasteiger partial charge < -0.3 is 5.32 Å². The summed E-state index contributed by atoms with van der Waals surface area (Å²) in [6.45, 7) is 0.446. The molecule has 1 aromatic carbocycles. The molecule has 0 radical (unpaired) electrons. The second kappa shape index (κ2) is 7.60. The average molecular weight is 328 g/mol. The molecular formula is C19H24N2O3. The van der Waals surface area contributed by atoms with Crippen molar-refractivity contribution in [3.63, 3.8) is 0 Å². The summed E-state index contributed by atoms with van der Waals surface area (Å²) in [5.74, 6) is -0.503. The zero-order valence-electron chi connectivity index (χ0n) is 13.9. The van der Waals surface area contributed by atoms with Gasteiger partial charge in [0.05, 0.1) is 11.1 Å². The van der Waals surface area contributed by atoms with E-state index >= 15 is 0 Å². The van der Waals surface area contributed by atoms with Gasteiger partial charge in [0, 0.05) is 6.54 Å². The molecule has 1 saturated carbocycles. The van der Waals surface area contributed by atoms with E-state index in [1.807, 2.05) is 0 Å². The van der Waals surface area contributed by atoms with E-state index in [9.17, 15) is 14.4 Å². The molecule has 5 nitrogen and oxygen atoms in total.